The monoisotopic (exact) mass is 896 g/mol. The molecule has 4 aromatic rings. The molecular formula is C53H44N4O10. The predicted octanol–water partition coefficient (Wildman–Crippen LogP) is 6.90. The van der Waals surface area contributed by atoms with Crippen molar-refractivity contribution in [2.45, 2.75) is 44.9 Å². The van der Waals surface area contributed by atoms with Crippen molar-refractivity contribution in [3.8, 4) is 23.0 Å². The van der Waals surface area contributed by atoms with Gasteiger partial charge in [-0.05, 0) is 178 Å². The van der Waals surface area contributed by atoms with Crippen LogP contribution < -0.4 is 29.1 Å². The van der Waals surface area contributed by atoms with Gasteiger partial charge >= 0.3 is 0 Å². The second kappa shape index (κ2) is 13.8. The molecule has 8 amide bonds. The van der Waals surface area contributed by atoms with Crippen molar-refractivity contribution >= 4 is 70.0 Å². The van der Waals surface area contributed by atoms with E-state index in [-0.39, 0.29) is 70.9 Å². The molecule has 0 radical (unpaired) electrons. The maximum Gasteiger partial charge on any atom is 0.238 e. The fraction of sp³-hybridized carbons (Fsp3) is 0.396. The summed E-state index contributed by atoms with van der Waals surface area (Å²) < 4.78 is 12.1. The van der Waals surface area contributed by atoms with E-state index in [9.17, 15) is 38.4 Å². The second-order valence-electron chi connectivity index (χ2n) is 20.7. The van der Waals surface area contributed by atoms with Gasteiger partial charge in [0, 0.05) is 0 Å². The first-order chi connectivity index (χ1) is 32.5. The van der Waals surface area contributed by atoms with Crippen LogP contribution in [0.3, 0.4) is 0 Å². The SMILES string of the molecule is O=C1C2C3CCC(C3)C2C(=O)N1c1ccc(Oc2ccc(N3C(=O)C4C5CC(C4C3=O)C3C(=O)N(c4ccc(Oc6ccc(N7C(=O)C8C9CCC(C9)C8C7=O)cc6)cc4)C(=O)C53)cc2)cc1. The summed E-state index contributed by atoms with van der Waals surface area (Å²) in [5, 5.41) is 0. The Morgan fingerprint density at radius 2 is 0.493 bits per heavy atom. The van der Waals surface area contributed by atoms with Crippen molar-refractivity contribution in [1.82, 2.24) is 0 Å². The number of anilines is 4. The van der Waals surface area contributed by atoms with Gasteiger partial charge in [-0.15, -0.1) is 0 Å². The molecule has 4 saturated heterocycles. The van der Waals surface area contributed by atoms with E-state index in [2.05, 4.69) is 0 Å². The number of fused-ring (bicyclic) bond motifs is 18. The largest absolute Gasteiger partial charge is 0.457 e. The second-order valence-corrected chi connectivity index (χ2v) is 20.7. The summed E-state index contributed by atoms with van der Waals surface area (Å²) >= 11 is 0. The van der Waals surface area contributed by atoms with Crippen LogP contribution in [-0.2, 0) is 38.4 Å². The van der Waals surface area contributed by atoms with Crippen molar-refractivity contribution in [2.75, 3.05) is 19.6 Å². The molecule has 14 rings (SSSR count). The topological polar surface area (TPSA) is 168 Å². The van der Waals surface area contributed by atoms with Gasteiger partial charge in [0.05, 0.1) is 70.1 Å². The fourth-order valence-electron chi connectivity index (χ4n) is 15.3. The molecule has 4 aliphatic heterocycles. The van der Waals surface area contributed by atoms with Crippen LogP contribution in [0.4, 0.5) is 22.7 Å². The summed E-state index contributed by atoms with van der Waals surface area (Å²) in [6, 6.07) is 26.9. The van der Waals surface area contributed by atoms with Gasteiger partial charge in [-0.1, -0.05) is 0 Å². The van der Waals surface area contributed by atoms with Crippen LogP contribution in [0.1, 0.15) is 44.9 Å². The Morgan fingerprint density at radius 1 is 0.284 bits per heavy atom. The first kappa shape index (κ1) is 39.2. The number of amides is 8. The normalized spacial score (nSPS) is 36.1. The number of carbonyl (C=O) groups is 8. The lowest BCUT2D eigenvalue weighted by Gasteiger charge is -2.27. The minimum atomic E-state index is -0.701. The third-order valence-corrected chi connectivity index (χ3v) is 17.9. The zero-order valence-electron chi connectivity index (χ0n) is 36.1. The third kappa shape index (κ3) is 5.26. The van der Waals surface area contributed by atoms with E-state index < -0.39 is 35.5 Å². The highest BCUT2D eigenvalue weighted by Gasteiger charge is 2.73. The van der Waals surface area contributed by atoms with Crippen molar-refractivity contribution in [3.05, 3.63) is 97.1 Å². The predicted molar refractivity (Wildman–Crippen MR) is 237 cm³/mol. The standard InChI is InChI=1S/C53H44N4O10/c58-46-38-24-1-2-25(21-24)39(38)47(59)54(46)28-5-13-32(14-6-28)66-34-17-9-30(10-18-34)56-50(62)42-36-23-37(43(42)51(56)63)45-44(36)52(64)57(53(45)65)31-11-19-35(20-12-31)67-33-15-7-29(8-16-33)55-48(60)40-26-3-4-27(22-26)41(40)49(55)61/h5-20,24-27,36-45H,1-4,21-23H2. The number of ether oxygens (including phenoxy) is 2. The van der Waals surface area contributed by atoms with Crippen LogP contribution in [0, 0.1) is 82.9 Å². The highest BCUT2D eigenvalue weighted by atomic mass is 16.5. The van der Waals surface area contributed by atoms with Gasteiger partial charge in [0.15, 0.2) is 0 Å². The van der Waals surface area contributed by atoms with E-state index in [4.69, 9.17) is 9.47 Å². The summed E-state index contributed by atoms with van der Waals surface area (Å²) in [7, 11) is 0. The highest BCUT2D eigenvalue weighted by Crippen LogP contribution is 2.65. The Kier molecular flexibility index (Phi) is 8.08. The van der Waals surface area contributed by atoms with Gasteiger partial charge in [0.2, 0.25) is 47.3 Å². The van der Waals surface area contributed by atoms with Gasteiger partial charge in [0.25, 0.3) is 0 Å². The zero-order valence-corrected chi connectivity index (χ0v) is 36.1. The summed E-state index contributed by atoms with van der Waals surface area (Å²) in [6.45, 7) is 0. The minimum Gasteiger partial charge on any atom is -0.457 e. The van der Waals surface area contributed by atoms with Crippen LogP contribution in [0.25, 0.3) is 0 Å². The highest BCUT2D eigenvalue weighted by molar-refractivity contribution is 6.27. The van der Waals surface area contributed by atoms with Crippen LogP contribution in [-0.4, -0.2) is 47.3 Å². The number of nitrogens with zero attached hydrogens (tertiary/aromatic N) is 4. The maximum absolute atomic E-state index is 14.1. The van der Waals surface area contributed by atoms with Gasteiger partial charge in [0.1, 0.15) is 23.0 Å². The lowest BCUT2D eigenvalue weighted by atomic mass is 9.70. The number of hydrogen-bond acceptors (Lipinski definition) is 10. The van der Waals surface area contributed by atoms with Crippen molar-refractivity contribution in [3.63, 3.8) is 0 Å². The number of hydrogen-bond donors (Lipinski definition) is 0. The molecule has 0 spiro atoms. The zero-order chi connectivity index (χ0) is 45.3. The molecule has 10 aliphatic rings. The molecule has 6 aliphatic carbocycles. The minimum absolute atomic E-state index is 0.0984. The Hall–Kier alpha value is -6.96. The lowest BCUT2D eigenvalue weighted by molar-refractivity contribution is -0.130. The molecule has 67 heavy (non-hydrogen) atoms. The molecule has 6 bridgehead atoms. The summed E-state index contributed by atoms with van der Waals surface area (Å²) in [5.74, 6) is -3.23. The number of rotatable bonds is 8. The van der Waals surface area contributed by atoms with E-state index in [1.165, 1.54) is 19.6 Å². The molecule has 10 fully saturated rings. The molecule has 0 aromatic heterocycles. The van der Waals surface area contributed by atoms with Crippen molar-refractivity contribution in [2.24, 2.45) is 82.9 Å². The van der Waals surface area contributed by atoms with Crippen molar-refractivity contribution in [1.29, 1.82) is 0 Å². The van der Waals surface area contributed by atoms with Crippen LogP contribution in [0.5, 0.6) is 23.0 Å². The van der Waals surface area contributed by atoms with E-state index in [1.54, 1.807) is 97.1 Å². The molecule has 12 unspecified atom stereocenters. The van der Waals surface area contributed by atoms with E-state index in [0.29, 0.717) is 75.8 Å². The fourth-order valence-corrected chi connectivity index (χ4v) is 15.3. The van der Waals surface area contributed by atoms with Crippen LogP contribution in [0.2, 0.25) is 0 Å². The Labute approximate surface area is 384 Å². The van der Waals surface area contributed by atoms with Crippen molar-refractivity contribution < 1.29 is 47.8 Å². The van der Waals surface area contributed by atoms with Gasteiger partial charge in [-0.25, -0.2) is 0 Å². The first-order valence-electron chi connectivity index (χ1n) is 23.8. The third-order valence-electron chi connectivity index (χ3n) is 17.9. The summed E-state index contributed by atoms with van der Waals surface area (Å²) in [6.07, 6.45) is 6.48. The Balaban J connectivity index is 0.621. The number of carbonyl (C=O) groups excluding carboxylic acids is 8. The van der Waals surface area contributed by atoms with E-state index in [0.717, 1.165) is 38.5 Å². The molecule has 6 saturated carbocycles. The molecule has 4 aromatic carbocycles. The Morgan fingerprint density at radius 3 is 0.716 bits per heavy atom. The number of imide groups is 4. The Bertz CT molecular complexity index is 2620. The summed E-state index contributed by atoms with van der Waals surface area (Å²) in [4.78, 5) is 115. The molecule has 4 heterocycles. The lowest BCUT2D eigenvalue weighted by Crippen LogP contribution is -2.37. The molecule has 12 atom stereocenters. The van der Waals surface area contributed by atoms with Crippen LogP contribution >= 0.6 is 0 Å². The van der Waals surface area contributed by atoms with Gasteiger partial charge in [-0.3, -0.25) is 58.0 Å². The smallest absolute Gasteiger partial charge is 0.238 e. The average Bonchev–Trinajstić information content (AvgIpc) is 4.22. The molecule has 14 nitrogen and oxygen atoms in total. The number of benzene rings is 4. The molecule has 336 valence electrons. The van der Waals surface area contributed by atoms with Gasteiger partial charge in [-0.2, -0.15) is 0 Å². The van der Waals surface area contributed by atoms with Gasteiger partial charge < -0.3 is 9.47 Å². The van der Waals surface area contributed by atoms with Crippen LogP contribution in [0.15, 0.2) is 97.1 Å². The summed E-state index contributed by atoms with van der Waals surface area (Å²) in [5.41, 5.74) is 1.82. The molecular weight excluding hydrogens is 853 g/mol. The maximum atomic E-state index is 14.1. The molecule has 14 heteroatoms. The average molecular weight is 897 g/mol. The van der Waals surface area contributed by atoms with E-state index >= 15 is 0 Å². The quantitative estimate of drug-likeness (QED) is 0.170. The molecule has 0 N–H and O–H groups in total. The van der Waals surface area contributed by atoms with E-state index in [1.807, 2.05) is 0 Å². The first-order valence-corrected chi connectivity index (χ1v) is 23.8.